The van der Waals surface area contributed by atoms with Gasteiger partial charge in [-0.25, -0.2) is 4.68 Å². The third-order valence-corrected chi connectivity index (χ3v) is 4.63. The lowest BCUT2D eigenvalue weighted by molar-refractivity contribution is 0.0736. The van der Waals surface area contributed by atoms with Gasteiger partial charge in [-0.2, -0.15) is 0 Å². The fourth-order valence-corrected chi connectivity index (χ4v) is 3.19. The summed E-state index contributed by atoms with van der Waals surface area (Å²) in [5, 5.41) is 8.30. The van der Waals surface area contributed by atoms with E-state index in [1.54, 1.807) is 4.68 Å². The Morgan fingerprint density at radius 1 is 1.30 bits per heavy atom. The average molecular weight is 313 g/mol. The first-order chi connectivity index (χ1) is 11.0. The number of aromatic nitrogens is 3. The predicted molar refractivity (Wildman–Crippen MR) is 88.5 cm³/mol. The minimum atomic E-state index is -0.0516. The van der Waals surface area contributed by atoms with Gasteiger partial charge in [-0.15, -0.1) is 5.10 Å². The number of carbonyl (C=O) groups is 1. The molecule has 1 aliphatic rings. The molecule has 122 valence electrons. The molecule has 2 atom stereocenters. The van der Waals surface area contributed by atoms with Crippen LogP contribution in [0.25, 0.3) is 5.69 Å². The van der Waals surface area contributed by atoms with Crippen LogP contribution in [-0.4, -0.2) is 44.9 Å². The maximum atomic E-state index is 12.8. The van der Waals surface area contributed by atoms with E-state index in [2.05, 4.69) is 17.2 Å². The standard InChI is InChI=1S/C17H23N5O/c1-11-4-6-15(7-5-11)22-13(3)16(19-20-22)17(23)21-10-14(9-18)8-12(21)2/h4-7,12,14H,8-10,18H2,1-3H3. The molecule has 6 heteroatoms. The fraction of sp³-hybridized carbons (Fsp3) is 0.471. The third-order valence-electron chi connectivity index (χ3n) is 4.63. The van der Waals surface area contributed by atoms with Gasteiger partial charge in [0.1, 0.15) is 0 Å². The van der Waals surface area contributed by atoms with Crippen molar-refractivity contribution in [2.24, 2.45) is 11.7 Å². The summed E-state index contributed by atoms with van der Waals surface area (Å²) in [7, 11) is 0. The van der Waals surface area contributed by atoms with Crippen molar-refractivity contribution in [1.82, 2.24) is 19.9 Å². The maximum absolute atomic E-state index is 12.8. The molecule has 1 saturated heterocycles. The van der Waals surface area contributed by atoms with E-state index in [1.807, 2.05) is 43.0 Å². The third kappa shape index (κ3) is 2.86. The lowest BCUT2D eigenvalue weighted by Gasteiger charge is -2.20. The van der Waals surface area contributed by atoms with Gasteiger partial charge in [0.05, 0.1) is 11.4 Å². The normalized spacial score (nSPS) is 21.0. The van der Waals surface area contributed by atoms with Crippen molar-refractivity contribution < 1.29 is 4.79 Å². The Bertz CT molecular complexity index is 706. The van der Waals surface area contributed by atoms with E-state index in [0.29, 0.717) is 24.7 Å². The molecular formula is C17H23N5O. The highest BCUT2D eigenvalue weighted by Crippen LogP contribution is 2.24. The van der Waals surface area contributed by atoms with E-state index in [1.165, 1.54) is 5.56 Å². The molecule has 0 aliphatic carbocycles. The molecule has 2 heterocycles. The molecule has 1 aromatic carbocycles. The highest BCUT2D eigenvalue weighted by Gasteiger charge is 2.34. The lowest BCUT2D eigenvalue weighted by Crippen LogP contribution is -2.35. The van der Waals surface area contributed by atoms with Crippen LogP contribution >= 0.6 is 0 Å². The molecule has 2 N–H and O–H groups in total. The van der Waals surface area contributed by atoms with Crippen LogP contribution in [0, 0.1) is 19.8 Å². The number of nitrogens with two attached hydrogens (primary N) is 1. The van der Waals surface area contributed by atoms with Crippen LogP contribution in [-0.2, 0) is 0 Å². The Morgan fingerprint density at radius 2 is 2.00 bits per heavy atom. The molecule has 1 amide bonds. The maximum Gasteiger partial charge on any atom is 0.276 e. The largest absolute Gasteiger partial charge is 0.334 e. The minimum Gasteiger partial charge on any atom is -0.334 e. The molecule has 1 aliphatic heterocycles. The fourth-order valence-electron chi connectivity index (χ4n) is 3.19. The van der Waals surface area contributed by atoms with Crippen molar-refractivity contribution in [1.29, 1.82) is 0 Å². The summed E-state index contributed by atoms with van der Waals surface area (Å²) in [4.78, 5) is 14.7. The van der Waals surface area contributed by atoms with Crippen LogP contribution in [0.4, 0.5) is 0 Å². The topological polar surface area (TPSA) is 77.0 Å². The number of benzene rings is 1. The number of amides is 1. The van der Waals surface area contributed by atoms with Gasteiger partial charge in [-0.3, -0.25) is 4.79 Å². The highest BCUT2D eigenvalue weighted by molar-refractivity contribution is 5.93. The Labute approximate surface area is 136 Å². The number of nitrogens with zero attached hydrogens (tertiary/aromatic N) is 4. The zero-order valence-corrected chi connectivity index (χ0v) is 13.9. The molecule has 6 nitrogen and oxygen atoms in total. The van der Waals surface area contributed by atoms with Gasteiger partial charge >= 0.3 is 0 Å². The van der Waals surface area contributed by atoms with Crippen LogP contribution in [0.15, 0.2) is 24.3 Å². The molecule has 3 rings (SSSR count). The first-order valence-corrected chi connectivity index (χ1v) is 8.01. The van der Waals surface area contributed by atoms with Gasteiger partial charge in [-0.1, -0.05) is 22.9 Å². The number of hydrogen-bond donors (Lipinski definition) is 1. The lowest BCUT2D eigenvalue weighted by atomic mass is 10.1. The Kier molecular flexibility index (Phi) is 4.17. The number of likely N-dealkylation sites (tertiary alicyclic amines) is 1. The van der Waals surface area contributed by atoms with E-state index in [0.717, 1.165) is 17.8 Å². The second-order valence-electron chi connectivity index (χ2n) is 6.41. The zero-order valence-electron chi connectivity index (χ0n) is 13.9. The smallest absolute Gasteiger partial charge is 0.276 e. The number of hydrogen-bond acceptors (Lipinski definition) is 4. The number of aryl methyl sites for hydroxylation is 1. The molecular weight excluding hydrogens is 290 g/mol. The van der Waals surface area contributed by atoms with Gasteiger partial charge in [-0.05, 0) is 51.8 Å². The molecule has 0 radical (unpaired) electrons. The Balaban J connectivity index is 1.87. The molecule has 2 aromatic rings. The molecule has 23 heavy (non-hydrogen) atoms. The molecule has 1 fully saturated rings. The van der Waals surface area contributed by atoms with Crippen molar-refractivity contribution >= 4 is 5.91 Å². The van der Waals surface area contributed by atoms with Crippen molar-refractivity contribution in [3.63, 3.8) is 0 Å². The summed E-state index contributed by atoms with van der Waals surface area (Å²) in [6.45, 7) is 7.30. The van der Waals surface area contributed by atoms with E-state index < -0.39 is 0 Å². The van der Waals surface area contributed by atoms with E-state index in [-0.39, 0.29) is 11.9 Å². The zero-order chi connectivity index (χ0) is 16.6. The molecule has 1 aromatic heterocycles. The number of rotatable bonds is 3. The first-order valence-electron chi connectivity index (χ1n) is 8.01. The Morgan fingerprint density at radius 3 is 2.61 bits per heavy atom. The second kappa shape index (κ2) is 6.12. The summed E-state index contributed by atoms with van der Waals surface area (Å²) >= 11 is 0. The van der Waals surface area contributed by atoms with Crippen molar-refractivity contribution in [3.05, 3.63) is 41.2 Å². The van der Waals surface area contributed by atoms with Gasteiger partial charge in [0.15, 0.2) is 5.69 Å². The summed E-state index contributed by atoms with van der Waals surface area (Å²) in [5.74, 6) is 0.325. The van der Waals surface area contributed by atoms with Crippen molar-refractivity contribution in [2.45, 2.75) is 33.2 Å². The quantitative estimate of drug-likeness (QED) is 0.935. The minimum absolute atomic E-state index is 0.0516. The molecule has 0 bridgehead atoms. The van der Waals surface area contributed by atoms with Crippen LogP contribution in [0.5, 0.6) is 0 Å². The Hall–Kier alpha value is -2.21. The summed E-state index contributed by atoms with van der Waals surface area (Å²) in [5.41, 5.74) is 9.03. The average Bonchev–Trinajstić information content (AvgIpc) is 3.10. The van der Waals surface area contributed by atoms with E-state index in [9.17, 15) is 4.79 Å². The van der Waals surface area contributed by atoms with Crippen LogP contribution in [0.1, 0.15) is 35.1 Å². The number of carbonyl (C=O) groups excluding carboxylic acids is 1. The summed E-state index contributed by atoms with van der Waals surface area (Å²) in [6.07, 6.45) is 0.952. The van der Waals surface area contributed by atoms with E-state index in [4.69, 9.17) is 5.73 Å². The summed E-state index contributed by atoms with van der Waals surface area (Å²) in [6, 6.07) is 8.20. The van der Waals surface area contributed by atoms with Crippen LogP contribution < -0.4 is 5.73 Å². The van der Waals surface area contributed by atoms with Gasteiger partial charge in [0.25, 0.3) is 5.91 Å². The monoisotopic (exact) mass is 313 g/mol. The molecule has 2 unspecified atom stereocenters. The summed E-state index contributed by atoms with van der Waals surface area (Å²) < 4.78 is 1.72. The second-order valence-corrected chi connectivity index (χ2v) is 6.41. The first kappa shape index (κ1) is 15.7. The highest BCUT2D eigenvalue weighted by atomic mass is 16.2. The van der Waals surface area contributed by atoms with Gasteiger partial charge in [0.2, 0.25) is 0 Å². The van der Waals surface area contributed by atoms with Crippen LogP contribution in [0.3, 0.4) is 0 Å². The van der Waals surface area contributed by atoms with Gasteiger partial charge in [0, 0.05) is 12.6 Å². The van der Waals surface area contributed by atoms with E-state index >= 15 is 0 Å². The SMILES string of the molecule is Cc1ccc(-n2nnc(C(=O)N3CC(CN)CC3C)c2C)cc1. The molecule has 0 saturated carbocycles. The van der Waals surface area contributed by atoms with Crippen molar-refractivity contribution in [2.75, 3.05) is 13.1 Å². The van der Waals surface area contributed by atoms with Crippen LogP contribution in [0.2, 0.25) is 0 Å². The van der Waals surface area contributed by atoms with Gasteiger partial charge < -0.3 is 10.6 Å². The molecule has 0 spiro atoms. The van der Waals surface area contributed by atoms with Crippen molar-refractivity contribution in [3.8, 4) is 5.69 Å². The predicted octanol–water partition coefficient (Wildman–Crippen LogP) is 1.69.